The smallest absolute Gasteiger partial charge is 0.261 e. The maximum absolute atomic E-state index is 13.2. The van der Waals surface area contributed by atoms with E-state index < -0.39 is 0 Å². The molecule has 4 aromatic rings. The molecule has 0 saturated carbocycles. The van der Waals surface area contributed by atoms with Crippen LogP contribution in [-0.2, 0) is 6.54 Å². The van der Waals surface area contributed by atoms with E-state index in [-0.39, 0.29) is 5.56 Å². The first-order valence-electron chi connectivity index (χ1n) is 9.17. The van der Waals surface area contributed by atoms with Gasteiger partial charge < -0.3 is 0 Å². The molecule has 1 aromatic heterocycles. The zero-order valence-electron chi connectivity index (χ0n) is 15.7. The normalized spacial score (nSPS) is 11.1. The number of halogens is 2. The standard InChI is InChI=1S/C24H15Cl2N3O/c25-20-11-9-18(13-21(20)26)15-29-23(12-10-16-5-7-17(14-27)8-6-16)28-22-4-2-1-3-19(22)24(29)30/h1-13H,15H2/b12-10+. The zero-order chi connectivity index (χ0) is 21.1. The summed E-state index contributed by atoms with van der Waals surface area (Å²) in [5.41, 5.74) is 2.83. The highest BCUT2D eigenvalue weighted by molar-refractivity contribution is 6.42. The van der Waals surface area contributed by atoms with Gasteiger partial charge in [0.25, 0.3) is 5.56 Å². The molecule has 146 valence electrons. The van der Waals surface area contributed by atoms with Crippen molar-refractivity contribution in [3.8, 4) is 6.07 Å². The van der Waals surface area contributed by atoms with E-state index >= 15 is 0 Å². The molecule has 4 rings (SSSR count). The van der Waals surface area contributed by atoms with Crippen molar-refractivity contribution >= 4 is 46.3 Å². The van der Waals surface area contributed by atoms with E-state index in [1.165, 1.54) is 0 Å². The predicted octanol–water partition coefficient (Wildman–Crippen LogP) is 5.79. The van der Waals surface area contributed by atoms with Crippen molar-refractivity contribution in [1.82, 2.24) is 9.55 Å². The minimum Gasteiger partial charge on any atom is -0.288 e. The first-order chi connectivity index (χ1) is 14.5. The minimum absolute atomic E-state index is 0.133. The van der Waals surface area contributed by atoms with Crippen LogP contribution in [0.5, 0.6) is 0 Å². The number of nitrogens with zero attached hydrogens (tertiary/aromatic N) is 3. The molecule has 30 heavy (non-hydrogen) atoms. The third-order valence-corrected chi connectivity index (χ3v) is 5.42. The van der Waals surface area contributed by atoms with Gasteiger partial charge in [0.2, 0.25) is 0 Å². The monoisotopic (exact) mass is 431 g/mol. The quantitative estimate of drug-likeness (QED) is 0.410. The van der Waals surface area contributed by atoms with Gasteiger partial charge in [0.1, 0.15) is 5.82 Å². The second-order valence-electron chi connectivity index (χ2n) is 6.69. The highest BCUT2D eigenvalue weighted by Crippen LogP contribution is 2.23. The summed E-state index contributed by atoms with van der Waals surface area (Å²) in [4.78, 5) is 17.9. The molecule has 0 N–H and O–H groups in total. The second-order valence-corrected chi connectivity index (χ2v) is 7.51. The fourth-order valence-corrected chi connectivity index (χ4v) is 3.45. The van der Waals surface area contributed by atoms with Crippen LogP contribution < -0.4 is 5.56 Å². The number of benzene rings is 3. The van der Waals surface area contributed by atoms with Crippen LogP contribution in [0.1, 0.15) is 22.5 Å². The van der Waals surface area contributed by atoms with Crippen LogP contribution in [0.3, 0.4) is 0 Å². The van der Waals surface area contributed by atoms with Gasteiger partial charge in [0.05, 0.1) is 39.1 Å². The Labute approximate surface area is 183 Å². The molecule has 0 spiro atoms. The van der Waals surface area contributed by atoms with Crippen molar-refractivity contribution in [2.24, 2.45) is 0 Å². The van der Waals surface area contributed by atoms with Gasteiger partial charge in [-0.15, -0.1) is 0 Å². The average molecular weight is 432 g/mol. The second kappa shape index (κ2) is 8.54. The highest BCUT2D eigenvalue weighted by Gasteiger charge is 2.10. The van der Waals surface area contributed by atoms with Crippen LogP contribution in [-0.4, -0.2) is 9.55 Å². The van der Waals surface area contributed by atoms with Crippen LogP contribution in [0.25, 0.3) is 23.1 Å². The Kier molecular flexibility index (Phi) is 5.67. The molecule has 0 unspecified atom stereocenters. The largest absolute Gasteiger partial charge is 0.288 e. The van der Waals surface area contributed by atoms with E-state index in [1.807, 2.05) is 42.5 Å². The number of nitriles is 1. The van der Waals surface area contributed by atoms with Gasteiger partial charge >= 0.3 is 0 Å². The number of aromatic nitrogens is 2. The van der Waals surface area contributed by atoms with Gasteiger partial charge in [-0.3, -0.25) is 9.36 Å². The number of hydrogen-bond acceptors (Lipinski definition) is 3. The Hall–Kier alpha value is -3.39. The van der Waals surface area contributed by atoms with Crippen LogP contribution in [0.4, 0.5) is 0 Å². The first-order valence-corrected chi connectivity index (χ1v) is 9.92. The average Bonchev–Trinajstić information content (AvgIpc) is 2.77. The Bertz CT molecular complexity index is 1370. The Balaban J connectivity index is 1.81. The fourth-order valence-electron chi connectivity index (χ4n) is 3.13. The number of para-hydroxylation sites is 1. The zero-order valence-corrected chi connectivity index (χ0v) is 17.2. The summed E-state index contributed by atoms with van der Waals surface area (Å²) in [6, 6.07) is 21.8. The van der Waals surface area contributed by atoms with Crippen LogP contribution >= 0.6 is 23.2 Å². The molecule has 0 aliphatic heterocycles. The van der Waals surface area contributed by atoms with E-state index in [0.717, 1.165) is 11.1 Å². The van der Waals surface area contributed by atoms with Gasteiger partial charge in [-0.05, 0) is 53.6 Å². The lowest BCUT2D eigenvalue weighted by Crippen LogP contribution is -2.24. The molecular formula is C24H15Cl2N3O. The summed E-state index contributed by atoms with van der Waals surface area (Å²) in [5, 5.41) is 10.4. The van der Waals surface area contributed by atoms with Crippen molar-refractivity contribution in [3.05, 3.63) is 110 Å². The van der Waals surface area contributed by atoms with E-state index in [1.54, 1.807) is 41.0 Å². The summed E-state index contributed by atoms with van der Waals surface area (Å²) >= 11 is 12.2. The number of hydrogen-bond donors (Lipinski definition) is 0. The molecule has 1 heterocycles. The van der Waals surface area contributed by atoms with Crippen molar-refractivity contribution in [3.63, 3.8) is 0 Å². The highest BCUT2D eigenvalue weighted by atomic mass is 35.5. The SMILES string of the molecule is N#Cc1ccc(/C=C/c2nc3ccccc3c(=O)n2Cc2ccc(Cl)c(Cl)c2)cc1. The molecule has 3 aromatic carbocycles. The Morgan fingerprint density at radius 3 is 2.47 bits per heavy atom. The topological polar surface area (TPSA) is 58.7 Å². The molecule has 0 bridgehead atoms. The molecule has 0 amide bonds. The molecule has 0 fully saturated rings. The van der Waals surface area contributed by atoms with Gasteiger partial charge in [0.15, 0.2) is 0 Å². The van der Waals surface area contributed by atoms with Crippen molar-refractivity contribution < 1.29 is 0 Å². The third kappa shape index (κ3) is 4.13. The van der Waals surface area contributed by atoms with E-state index in [2.05, 4.69) is 11.1 Å². The van der Waals surface area contributed by atoms with Gasteiger partial charge in [-0.1, -0.05) is 59.6 Å². The third-order valence-electron chi connectivity index (χ3n) is 4.68. The molecular weight excluding hydrogens is 417 g/mol. The van der Waals surface area contributed by atoms with Gasteiger partial charge in [-0.25, -0.2) is 4.98 Å². The van der Waals surface area contributed by atoms with Crippen LogP contribution in [0.2, 0.25) is 10.0 Å². The lowest BCUT2D eigenvalue weighted by Gasteiger charge is -2.12. The fraction of sp³-hybridized carbons (Fsp3) is 0.0417. The van der Waals surface area contributed by atoms with Crippen LogP contribution in [0, 0.1) is 11.3 Å². The predicted molar refractivity (Wildman–Crippen MR) is 122 cm³/mol. The number of rotatable bonds is 4. The van der Waals surface area contributed by atoms with Gasteiger partial charge in [-0.2, -0.15) is 5.26 Å². The van der Waals surface area contributed by atoms with Gasteiger partial charge in [0, 0.05) is 0 Å². The minimum atomic E-state index is -0.133. The van der Waals surface area contributed by atoms with Crippen molar-refractivity contribution in [2.75, 3.05) is 0 Å². The first kappa shape index (κ1) is 19.9. The Morgan fingerprint density at radius 2 is 1.73 bits per heavy atom. The lowest BCUT2D eigenvalue weighted by atomic mass is 10.1. The Morgan fingerprint density at radius 1 is 0.967 bits per heavy atom. The molecule has 6 heteroatoms. The maximum atomic E-state index is 13.2. The van der Waals surface area contributed by atoms with Crippen molar-refractivity contribution in [2.45, 2.75) is 6.54 Å². The molecule has 0 atom stereocenters. The lowest BCUT2D eigenvalue weighted by molar-refractivity contribution is 0.738. The van der Waals surface area contributed by atoms with Crippen molar-refractivity contribution in [1.29, 1.82) is 5.26 Å². The van der Waals surface area contributed by atoms with E-state index in [0.29, 0.717) is 38.9 Å². The summed E-state index contributed by atoms with van der Waals surface area (Å²) in [5.74, 6) is 0.522. The summed E-state index contributed by atoms with van der Waals surface area (Å²) in [7, 11) is 0. The summed E-state index contributed by atoms with van der Waals surface area (Å²) in [6.45, 7) is 0.306. The summed E-state index contributed by atoms with van der Waals surface area (Å²) < 4.78 is 1.61. The number of fused-ring (bicyclic) bond motifs is 1. The molecule has 0 radical (unpaired) electrons. The molecule has 0 saturated heterocycles. The molecule has 0 aliphatic rings. The van der Waals surface area contributed by atoms with E-state index in [4.69, 9.17) is 28.5 Å². The molecule has 4 nitrogen and oxygen atoms in total. The maximum Gasteiger partial charge on any atom is 0.261 e. The molecule has 0 aliphatic carbocycles. The van der Waals surface area contributed by atoms with E-state index in [9.17, 15) is 4.79 Å². The van der Waals surface area contributed by atoms with Crippen LogP contribution in [0.15, 0.2) is 71.5 Å². The summed E-state index contributed by atoms with van der Waals surface area (Å²) in [6.07, 6.45) is 3.66.